The number of carbonyl (C=O) groups is 1. The maximum atomic E-state index is 11.9. The SMILES string of the molecule is C=CCC1(C(C)C)N=C(C(C)C)OC1=O. The van der Waals surface area contributed by atoms with Gasteiger partial charge in [0, 0.05) is 12.3 Å². The first-order valence-corrected chi connectivity index (χ1v) is 5.37. The molecular weight excluding hydrogens is 190 g/mol. The monoisotopic (exact) mass is 209 g/mol. The Kier molecular flexibility index (Phi) is 3.32. The molecule has 0 aromatic heterocycles. The standard InChI is InChI=1S/C12H19NO2/c1-6-7-12(9(4)5)11(14)15-10(13-12)8(2)3/h6,8-9H,1,7H2,2-5H3. The largest absolute Gasteiger partial charge is 0.410 e. The van der Waals surface area contributed by atoms with E-state index < -0.39 is 5.54 Å². The normalized spacial score (nSPS) is 25.7. The summed E-state index contributed by atoms with van der Waals surface area (Å²) in [4.78, 5) is 16.3. The van der Waals surface area contributed by atoms with Crippen LogP contribution in [0, 0.1) is 11.8 Å². The average molecular weight is 209 g/mol. The molecule has 1 heterocycles. The second kappa shape index (κ2) is 4.17. The molecular formula is C12H19NO2. The van der Waals surface area contributed by atoms with E-state index in [1.165, 1.54) is 0 Å². The third-order valence-electron chi connectivity index (χ3n) is 2.77. The van der Waals surface area contributed by atoms with Crippen molar-refractivity contribution in [2.75, 3.05) is 0 Å². The van der Waals surface area contributed by atoms with Gasteiger partial charge in [0.2, 0.25) is 0 Å². The Morgan fingerprint density at radius 3 is 2.40 bits per heavy atom. The summed E-state index contributed by atoms with van der Waals surface area (Å²) < 4.78 is 5.22. The lowest BCUT2D eigenvalue weighted by molar-refractivity contribution is -0.140. The van der Waals surface area contributed by atoms with Gasteiger partial charge in [-0.25, -0.2) is 9.79 Å². The Morgan fingerprint density at radius 1 is 1.47 bits per heavy atom. The van der Waals surface area contributed by atoms with Crippen molar-refractivity contribution < 1.29 is 9.53 Å². The van der Waals surface area contributed by atoms with Gasteiger partial charge in [0.15, 0.2) is 11.4 Å². The highest BCUT2D eigenvalue weighted by atomic mass is 16.6. The van der Waals surface area contributed by atoms with Crippen molar-refractivity contribution in [1.29, 1.82) is 0 Å². The first-order valence-electron chi connectivity index (χ1n) is 5.37. The summed E-state index contributed by atoms with van der Waals surface area (Å²) in [6.45, 7) is 11.6. The van der Waals surface area contributed by atoms with Crippen LogP contribution in [0.15, 0.2) is 17.6 Å². The lowest BCUT2D eigenvalue weighted by atomic mass is 9.84. The number of esters is 1. The van der Waals surface area contributed by atoms with Crippen molar-refractivity contribution in [2.24, 2.45) is 16.8 Å². The summed E-state index contributed by atoms with van der Waals surface area (Å²) in [5.41, 5.74) is -0.735. The molecule has 3 nitrogen and oxygen atoms in total. The fourth-order valence-electron chi connectivity index (χ4n) is 1.64. The molecule has 1 unspecified atom stereocenters. The molecule has 0 aromatic rings. The Bertz CT molecular complexity index is 305. The average Bonchev–Trinajstić information content (AvgIpc) is 2.46. The Morgan fingerprint density at radius 2 is 2.07 bits per heavy atom. The summed E-state index contributed by atoms with van der Waals surface area (Å²) in [6, 6.07) is 0. The van der Waals surface area contributed by atoms with E-state index in [0.717, 1.165) is 0 Å². The van der Waals surface area contributed by atoms with Crippen LogP contribution >= 0.6 is 0 Å². The van der Waals surface area contributed by atoms with Gasteiger partial charge in [0.05, 0.1) is 0 Å². The number of carbonyl (C=O) groups excluding carboxylic acids is 1. The van der Waals surface area contributed by atoms with Crippen molar-refractivity contribution in [3.05, 3.63) is 12.7 Å². The third kappa shape index (κ3) is 1.96. The van der Waals surface area contributed by atoms with Crippen LogP contribution < -0.4 is 0 Å². The highest BCUT2D eigenvalue weighted by Crippen LogP contribution is 2.33. The van der Waals surface area contributed by atoms with Crippen molar-refractivity contribution in [2.45, 2.75) is 39.7 Å². The van der Waals surface area contributed by atoms with Gasteiger partial charge in [0.1, 0.15) is 0 Å². The molecule has 0 bridgehead atoms. The first-order chi connectivity index (χ1) is 6.94. The molecule has 0 aromatic carbocycles. The first kappa shape index (κ1) is 12.0. The smallest absolute Gasteiger partial charge is 0.341 e. The van der Waals surface area contributed by atoms with Gasteiger partial charge in [-0.05, 0) is 5.92 Å². The van der Waals surface area contributed by atoms with Gasteiger partial charge >= 0.3 is 5.97 Å². The van der Waals surface area contributed by atoms with E-state index in [0.29, 0.717) is 12.3 Å². The lowest BCUT2D eigenvalue weighted by Gasteiger charge is -2.24. The van der Waals surface area contributed by atoms with Gasteiger partial charge in [-0.3, -0.25) is 0 Å². The van der Waals surface area contributed by atoms with Crippen LogP contribution in [0.3, 0.4) is 0 Å². The predicted octanol–water partition coefficient (Wildman–Crippen LogP) is 2.57. The molecule has 0 spiro atoms. The van der Waals surface area contributed by atoms with Crippen LogP contribution in [-0.4, -0.2) is 17.4 Å². The molecule has 15 heavy (non-hydrogen) atoms. The predicted molar refractivity (Wildman–Crippen MR) is 60.7 cm³/mol. The zero-order valence-electron chi connectivity index (χ0n) is 9.91. The Balaban J connectivity index is 3.07. The summed E-state index contributed by atoms with van der Waals surface area (Å²) >= 11 is 0. The van der Waals surface area contributed by atoms with Crippen LogP contribution in [-0.2, 0) is 9.53 Å². The second-order valence-corrected chi connectivity index (χ2v) is 4.57. The number of rotatable bonds is 4. The number of nitrogens with zero attached hydrogens (tertiary/aromatic N) is 1. The van der Waals surface area contributed by atoms with Crippen molar-refractivity contribution in [3.63, 3.8) is 0 Å². The number of cyclic esters (lactones) is 1. The summed E-state index contributed by atoms with van der Waals surface area (Å²) in [5.74, 6) is 0.593. The quantitative estimate of drug-likeness (QED) is 0.527. The molecule has 0 fully saturated rings. The molecule has 1 rings (SSSR count). The van der Waals surface area contributed by atoms with E-state index in [1.54, 1.807) is 6.08 Å². The lowest BCUT2D eigenvalue weighted by Crippen LogP contribution is -2.38. The van der Waals surface area contributed by atoms with E-state index in [1.807, 2.05) is 27.7 Å². The van der Waals surface area contributed by atoms with Gasteiger partial charge < -0.3 is 4.74 Å². The van der Waals surface area contributed by atoms with Crippen LogP contribution in [0.4, 0.5) is 0 Å². The maximum Gasteiger partial charge on any atom is 0.341 e. The minimum absolute atomic E-state index is 0.124. The Labute approximate surface area is 91.2 Å². The molecule has 0 radical (unpaired) electrons. The molecule has 84 valence electrons. The molecule has 0 saturated carbocycles. The molecule has 0 saturated heterocycles. The van der Waals surface area contributed by atoms with Crippen LogP contribution in [0.1, 0.15) is 34.1 Å². The Hall–Kier alpha value is -1.12. The molecule has 1 aliphatic rings. The zero-order chi connectivity index (χ0) is 11.6. The van der Waals surface area contributed by atoms with E-state index in [-0.39, 0.29) is 17.8 Å². The number of aliphatic imine (C=N–C) groups is 1. The minimum atomic E-state index is -0.735. The third-order valence-corrected chi connectivity index (χ3v) is 2.77. The molecule has 3 heteroatoms. The zero-order valence-corrected chi connectivity index (χ0v) is 9.91. The molecule has 0 amide bonds. The van der Waals surface area contributed by atoms with E-state index >= 15 is 0 Å². The number of hydrogen-bond donors (Lipinski definition) is 0. The van der Waals surface area contributed by atoms with Gasteiger partial charge in [-0.15, -0.1) is 6.58 Å². The van der Waals surface area contributed by atoms with Crippen LogP contribution in [0.5, 0.6) is 0 Å². The van der Waals surface area contributed by atoms with Crippen LogP contribution in [0.2, 0.25) is 0 Å². The fraction of sp³-hybridized carbons (Fsp3) is 0.667. The highest BCUT2D eigenvalue weighted by molar-refractivity contribution is 6.00. The molecule has 0 N–H and O–H groups in total. The second-order valence-electron chi connectivity index (χ2n) is 4.57. The minimum Gasteiger partial charge on any atom is -0.410 e. The molecule has 1 atom stereocenters. The maximum absolute atomic E-state index is 11.9. The van der Waals surface area contributed by atoms with Gasteiger partial charge in [0.25, 0.3) is 0 Å². The topological polar surface area (TPSA) is 38.7 Å². The fourth-order valence-corrected chi connectivity index (χ4v) is 1.64. The number of ether oxygens (including phenoxy) is 1. The summed E-state index contributed by atoms with van der Waals surface area (Å²) in [6.07, 6.45) is 2.27. The van der Waals surface area contributed by atoms with E-state index in [4.69, 9.17) is 4.74 Å². The summed E-state index contributed by atoms with van der Waals surface area (Å²) in [7, 11) is 0. The van der Waals surface area contributed by atoms with Crippen LogP contribution in [0.25, 0.3) is 0 Å². The van der Waals surface area contributed by atoms with E-state index in [2.05, 4.69) is 11.6 Å². The van der Waals surface area contributed by atoms with Gasteiger partial charge in [-0.1, -0.05) is 33.8 Å². The number of hydrogen-bond acceptors (Lipinski definition) is 3. The molecule has 1 aliphatic heterocycles. The van der Waals surface area contributed by atoms with Crippen molar-refractivity contribution in [1.82, 2.24) is 0 Å². The summed E-state index contributed by atoms with van der Waals surface area (Å²) in [5, 5.41) is 0. The van der Waals surface area contributed by atoms with Gasteiger partial charge in [-0.2, -0.15) is 0 Å². The molecule has 0 aliphatic carbocycles. The van der Waals surface area contributed by atoms with E-state index in [9.17, 15) is 4.79 Å². The van der Waals surface area contributed by atoms with Crippen molar-refractivity contribution in [3.8, 4) is 0 Å². The van der Waals surface area contributed by atoms with Crippen molar-refractivity contribution >= 4 is 11.9 Å². The highest BCUT2D eigenvalue weighted by Gasteiger charge is 2.47.